The molecule has 1 aromatic rings. The van der Waals surface area contributed by atoms with Crippen LogP contribution in [0.4, 0.5) is 0 Å². The molecule has 0 bridgehead atoms. The van der Waals surface area contributed by atoms with E-state index in [2.05, 4.69) is 11.6 Å². The van der Waals surface area contributed by atoms with E-state index < -0.39 is 5.97 Å². The fourth-order valence-corrected chi connectivity index (χ4v) is 0.907. The maximum Gasteiger partial charge on any atom is 0.341 e. The lowest BCUT2D eigenvalue weighted by molar-refractivity contribution is -0.139. The first kappa shape index (κ1) is 13.7. The van der Waals surface area contributed by atoms with Crippen LogP contribution in [0.1, 0.15) is 5.56 Å². The van der Waals surface area contributed by atoms with E-state index in [0.29, 0.717) is 12.3 Å². The largest absolute Gasteiger partial charge is 0.482 e. The lowest BCUT2D eigenvalue weighted by Gasteiger charge is -2.03. The number of halogens is 1. The van der Waals surface area contributed by atoms with Crippen LogP contribution in [0.2, 0.25) is 0 Å². The van der Waals surface area contributed by atoms with Gasteiger partial charge in [-0.15, -0.1) is 11.6 Å². The Labute approximate surface area is 93.6 Å². The molecular weight excluding hydrogens is 218 g/mol. The second kappa shape index (κ2) is 8.08. The molecule has 0 atom stereocenters. The highest BCUT2D eigenvalue weighted by Crippen LogP contribution is 2.12. The van der Waals surface area contributed by atoms with Gasteiger partial charge in [-0.25, -0.2) is 4.79 Å². The highest BCUT2D eigenvalue weighted by atomic mass is 35.5. The summed E-state index contributed by atoms with van der Waals surface area (Å²) >= 11 is 4.64. The topological polar surface area (TPSA) is 72.5 Å². The molecule has 0 spiro atoms. The number of hydrogen-bond acceptors (Lipinski definition) is 3. The molecule has 0 fully saturated rings. The van der Waals surface area contributed by atoms with Crippen LogP contribution in [0.5, 0.6) is 5.75 Å². The number of hydrogen-bond donors (Lipinski definition) is 2. The number of ether oxygens (including phenoxy) is 1. The van der Waals surface area contributed by atoms with Crippen molar-refractivity contribution in [2.24, 2.45) is 5.73 Å². The number of carboxylic acid groups (broad SMARTS) is 1. The second-order valence-corrected chi connectivity index (χ2v) is 2.53. The van der Waals surface area contributed by atoms with E-state index in [4.69, 9.17) is 15.6 Å². The van der Waals surface area contributed by atoms with E-state index in [1.165, 1.54) is 6.38 Å². The molecular formula is C10H14ClNO3. The Hall–Kier alpha value is -1.26. The molecule has 84 valence electrons. The number of rotatable bonds is 4. The molecule has 0 unspecified atom stereocenters. The molecule has 5 heteroatoms. The summed E-state index contributed by atoms with van der Waals surface area (Å²) in [5, 5.41) is 8.35. The van der Waals surface area contributed by atoms with Crippen LogP contribution in [0.25, 0.3) is 0 Å². The molecule has 0 aliphatic carbocycles. The third kappa shape index (κ3) is 5.93. The van der Waals surface area contributed by atoms with E-state index in [0.717, 1.165) is 5.56 Å². The first-order chi connectivity index (χ1) is 7.22. The van der Waals surface area contributed by atoms with Gasteiger partial charge in [-0.2, -0.15) is 0 Å². The Morgan fingerprint density at radius 3 is 2.73 bits per heavy atom. The molecule has 0 aliphatic rings. The Morgan fingerprint density at radius 2 is 2.20 bits per heavy atom. The fourth-order valence-electron chi connectivity index (χ4n) is 0.907. The van der Waals surface area contributed by atoms with Gasteiger partial charge in [0.1, 0.15) is 5.75 Å². The number of aliphatic carboxylic acids is 1. The first-order valence-electron chi connectivity index (χ1n) is 4.24. The van der Waals surface area contributed by atoms with Crippen molar-refractivity contribution in [1.29, 1.82) is 0 Å². The van der Waals surface area contributed by atoms with Gasteiger partial charge in [0.05, 0.1) is 0 Å². The van der Waals surface area contributed by atoms with Crippen molar-refractivity contribution >= 4 is 17.6 Å². The van der Waals surface area contributed by atoms with Crippen LogP contribution in [-0.2, 0) is 11.3 Å². The molecule has 0 amide bonds. The normalized spacial score (nSPS) is 8.73. The SMILES string of the molecule is CCl.NCc1cccc(OCC(=O)O)c1. The minimum absolute atomic E-state index is 0.325. The molecule has 0 aromatic heterocycles. The average Bonchev–Trinajstić information content (AvgIpc) is 2.29. The molecule has 1 rings (SSSR count). The van der Waals surface area contributed by atoms with Gasteiger partial charge >= 0.3 is 5.97 Å². The summed E-state index contributed by atoms with van der Waals surface area (Å²) in [5.41, 5.74) is 6.32. The number of alkyl halides is 1. The van der Waals surface area contributed by atoms with Gasteiger partial charge in [0.15, 0.2) is 6.61 Å². The molecule has 1 aromatic carbocycles. The molecule has 3 N–H and O–H groups in total. The highest BCUT2D eigenvalue weighted by Gasteiger charge is 1.99. The fraction of sp³-hybridized carbons (Fsp3) is 0.300. The smallest absolute Gasteiger partial charge is 0.341 e. The van der Waals surface area contributed by atoms with Gasteiger partial charge in [0, 0.05) is 12.9 Å². The van der Waals surface area contributed by atoms with Crippen molar-refractivity contribution in [2.75, 3.05) is 13.0 Å². The minimum atomic E-state index is -0.988. The van der Waals surface area contributed by atoms with Gasteiger partial charge in [-0.05, 0) is 17.7 Å². The van der Waals surface area contributed by atoms with Crippen LogP contribution in [0.3, 0.4) is 0 Å². The summed E-state index contributed by atoms with van der Waals surface area (Å²) in [5.74, 6) is -0.455. The lowest BCUT2D eigenvalue weighted by Crippen LogP contribution is -2.09. The zero-order valence-electron chi connectivity index (χ0n) is 8.44. The molecule has 15 heavy (non-hydrogen) atoms. The minimum Gasteiger partial charge on any atom is -0.482 e. The zero-order valence-corrected chi connectivity index (χ0v) is 9.20. The Kier molecular flexibility index (Phi) is 7.40. The molecule has 0 saturated carbocycles. The highest BCUT2D eigenvalue weighted by molar-refractivity contribution is 6.15. The summed E-state index contributed by atoms with van der Waals surface area (Å²) in [6.45, 7) is 0.0955. The monoisotopic (exact) mass is 231 g/mol. The Balaban J connectivity index is 0.000000921. The van der Waals surface area contributed by atoms with Crippen molar-refractivity contribution in [1.82, 2.24) is 0 Å². The van der Waals surface area contributed by atoms with Crippen molar-refractivity contribution < 1.29 is 14.6 Å². The summed E-state index contributed by atoms with van der Waals surface area (Å²) in [7, 11) is 0. The van der Waals surface area contributed by atoms with Crippen molar-refractivity contribution in [3.63, 3.8) is 0 Å². The van der Waals surface area contributed by atoms with Gasteiger partial charge in [0.2, 0.25) is 0 Å². The second-order valence-electron chi connectivity index (χ2n) is 2.53. The Bertz CT molecular complexity index is 304. The van der Waals surface area contributed by atoms with Crippen molar-refractivity contribution in [2.45, 2.75) is 6.54 Å². The number of carbonyl (C=O) groups is 1. The maximum atomic E-state index is 10.2. The van der Waals surface area contributed by atoms with Crippen molar-refractivity contribution in [3.8, 4) is 5.75 Å². The van der Waals surface area contributed by atoms with E-state index in [1.54, 1.807) is 18.2 Å². The van der Waals surface area contributed by atoms with Gasteiger partial charge in [0.25, 0.3) is 0 Å². The predicted molar refractivity (Wildman–Crippen MR) is 59.2 cm³/mol. The Morgan fingerprint density at radius 1 is 1.53 bits per heavy atom. The van der Waals surface area contributed by atoms with E-state index in [1.807, 2.05) is 6.07 Å². The number of carboxylic acids is 1. The average molecular weight is 232 g/mol. The van der Waals surface area contributed by atoms with Gasteiger partial charge in [-0.3, -0.25) is 0 Å². The summed E-state index contributed by atoms with van der Waals surface area (Å²) in [4.78, 5) is 10.2. The van der Waals surface area contributed by atoms with Crippen LogP contribution in [0, 0.1) is 0 Å². The summed E-state index contributed by atoms with van der Waals surface area (Å²) in [6, 6.07) is 7.05. The van der Waals surface area contributed by atoms with Crippen LogP contribution in [-0.4, -0.2) is 24.1 Å². The van der Waals surface area contributed by atoms with E-state index in [9.17, 15) is 4.79 Å². The summed E-state index contributed by atoms with van der Waals surface area (Å²) < 4.78 is 4.95. The quantitative estimate of drug-likeness (QED) is 0.770. The summed E-state index contributed by atoms with van der Waals surface area (Å²) in [6.07, 6.45) is 1.47. The lowest BCUT2D eigenvalue weighted by atomic mass is 10.2. The van der Waals surface area contributed by atoms with Crippen LogP contribution >= 0.6 is 11.6 Å². The first-order valence-corrected chi connectivity index (χ1v) is 4.99. The molecule has 0 radical (unpaired) electrons. The van der Waals surface area contributed by atoms with Gasteiger partial charge in [-0.1, -0.05) is 12.1 Å². The van der Waals surface area contributed by atoms with E-state index >= 15 is 0 Å². The molecule has 4 nitrogen and oxygen atoms in total. The van der Waals surface area contributed by atoms with Crippen molar-refractivity contribution in [3.05, 3.63) is 29.8 Å². The van der Waals surface area contributed by atoms with E-state index in [-0.39, 0.29) is 6.61 Å². The molecule has 0 heterocycles. The zero-order chi connectivity index (χ0) is 11.7. The van der Waals surface area contributed by atoms with Crippen LogP contribution in [0.15, 0.2) is 24.3 Å². The third-order valence-electron chi connectivity index (χ3n) is 1.50. The molecule has 0 aliphatic heterocycles. The third-order valence-corrected chi connectivity index (χ3v) is 1.50. The predicted octanol–water partition coefficient (Wildman–Crippen LogP) is 1.46. The maximum absolute atomic E-state index is 10.2. The standard InChI is InChI=1S/C9H11NO3.CH3Cl/c10-5-7-2-1-3-8(4-7)13-6-9(11)12;1-2/h1-4H,5-6,10H2,(H,11,12);1H3. The molecule has 0 saturated heterocycles. The number of benzene rings is 1. The number of nitrogens with two attached hydrogens (primary N) is 1. The van der Waals surface area contributed by atoms with Crippen LogP contribution < -0.4 is 10.5 Å². The van der Waals surface area contributed by atoms with Gasteiger partial charge < -0.3 is 15.6 Å².